The monoisotopic (exact) mass is 854 g/mol. The Labute approximate surface area is 346 Å². The lowest BCUT2D eigenvalue weighted by atomic mass is 9.99. The molecule has 8 nitrogen and oxygen atoms in total. The third-order valence-electron chi connectivity index (χ3n) is 8.45. The van der Waals surface area contributed by atoms with E-state index in [-0.39, 0.29) is 34.0 Å². The van der Waals surface area contributed by atoms with Gasteiger partial charge in [-0.05, 0) is 56.3 Å². The van der Waals surface area contributed by atoms with Crippen LogP contribution in [0.1, 0.15) is 56.4 Å². The molecule has 0 aliphatic heterocycles. The van der Waals surface area contributed by atoms with Crippen molar-refractivity contribution in [1.82, 2.24) is 10.2 Å². The van der Waals surface area contributed by atoms with Gasteiger partial charge >= 0.3 is 18.0 Å². The van der Waals surface area contributed by atoms with Crippen LogP contribution in [0.5, 0.6) is 0 Å². The molecule has 0 unspecified atom stereocenters. The van der Waals surface area contributed by atoms with Crippen LogP contribution in [0.4, 0.5) is 4.79 Å². The number of carbonyl (C=O) groups is 3. The Morgan fingerprint density at radius 2 is 0.963 bits per heavy atom. The predicted octanol–water partition coefficient (Wildman–Crippen LogP) is 10.7. The molecule has 14 heteroatoms. The van der Waals surface area contributed by atoms with Crippen LogP contribution < -0.4 is 10.2 Å². The first kappa shape index (κ1) is 47.1. The summed E-state index contributed by atoms with van der Waals surface area (Å²) in [5, 5.41) is 20.7. The van der Waals surface area contributed by atoms with Gasteiger partial charge in [0.1, 0.15) is 18.7 Å². The molecule has 4 N–H and O–H groups in total. The van der Waals surface area contributed by atoms with Gasteiger partial charge in [-0.15, -0.1) is 0 Å². The van der Waals surface area contributed by atoms with Gasteiger partial charge in [0.15, 0.2) is 0 Å². The quantitative estimate of drug-likeness (QED) is 0.0768. The van der Waals surface area contributed by atoms with Gasteiger partial charge in [-0.3, -0.25) is 4.79 Å². The number of benzene rings is 4. The number of ether oxygens (including phenoxy) is 1. The van der Waals surface area contributed by atoms with Crippen molar-refractivity contribution in [3.63, 3.8) is 0 Å². The first-order valence-corrected chi connectivity index (χ1v) is 19.6. The molecular formula is C40H46Cl4N2O6S2. The van der Waals surface area contributed by atoms with Crippen molar-refractivity contribution >= 4 is 88.1 Å². The standard InChI is InChI=1S/C20H18Cl3NO4S.C17H16ClNO2S.3CH4/c21-20(22,23)11-28-19(27)24-17(18(25)26)10-29-9-16-14-7-3-1-5-12(14)13-6-2-4-8-15(13)16;18-19-16(17(20)21)10-22-9-15-13-7-3-1-5-11(13)12-6-2-4-8-14(12)15;;;/h1-8,16-17H,9-11H2,(H,24,27)(H,25,26);1-8,15-16,19H,9-10H2,(H,20,21);3*1H4/t17-;16-;;;/m11.../s1. The highest BCUT2D eigenvalue weighted by Gasteiger charge is 2.31. The summed E-state index contributed by atoms with van der Waals surface area (Å²) in [5.74, 6) is 0.545. The molecule has 4 aromatic rings. The van der Waals surface area contributed by atoms with E-state index >= 15 is 0 Å². The maximum absolute atomic E-state index is 11.8. The number of hydrogen-bond donors (Lipinski definition) is 4. The molecule has 4 aromatic carbocycles. The van der Waals surface area contributed by atoms with Gasteiger partial charge < -0.3 is 20.3 Å². The summed E-state index contributed by atoms with van der Waals surface area (Å²) in [6, 6.07) is 31.4. The van der Waals surface area contributed by atoms with Gasteiger partial charge in [-0.25, -0.2) is 14.4 Å². The topological polar surface area (TPSA) is 125 Å². The number of rotatable bonds is 13. The molecule has 0 saturated carbocycles. The van der Waals surface area contributed by atoms with E-state index in [9.17, 15) is 19.5 Å². The summed E-state index contributed by atoms with van der Waals surface area (Å²) < 4.78 is 2.99. The van der Waals surface area contributed by atoms with Crippen LogP contribution >= 0.6 is 70.1 Å². The Balaban J connectivity index is 0.000000365. The van der Waals surface area contributed by atoms with E-state index in [0.29, 0.717) is 17.4 Å². The molecule has 0 saturated heterocycles. The zero-order chi connectivity index (χ0) is 36.5. The van der Waals surface area contributed by atoms with E-state index in [0.717, 1.165) is 5.75 Å². The number of amides is 1. The summed E-state index contributed by atoms with van der Waals surface area (Å²) in [6.07, 6.45) is -0.944. The van der Waals surface area contributed by atoms with Crippen molar-refractivity contribution in [2.75, 3.05) is 29.6 Å². The van der Waals surface area contributed by atoms with Crippen molar-refractivity contribution < 1.29 is 29.3 Å². The minimum absolute atomic E-state index is 0. The van der Waals surface area contributed by atoms with Crippen LogP contribution in [0.3, 0.4) is 0 Å². The number of alkyl halides is 3. The highest BCUT2D eigenvalue weighted by molar-refractivity contribution is 7.99. The first-order chi connectivity index (χ1) is 24.5. The number of carboxylic acid groups (broad SMARTS) is 2. The number of carboxylic acids is 2. The summed E-state index contributed by atoms with van der Waals surface area (Å²) in [4.78, 5) is 36.6. The average molecular weight is 857 g/mol. The zero-order valence-corrected chi connectivity index (χ0v) is 31.6. The van der Waals surface area contributed by atoms with Gasteiger partial charge in [0.25, 0.3) is 0 Å². The molecule has 0 heterocycles. The largest absolute Gasteiger partial charge is 0.480 e. The Bertz CT molecular complexity index is 1770. The first-order valence-electron chi connectivity index (χ1n) is 15.8. The molecule has 6 rings (SSSR count). The minimum Gasteiger partial charge on any atom is -0.480 e. The van der Waals surface area contributed by atoms with Gasteiger partial charge in [-0.2, -0.15) is 23.5 Å². The van der Waals surface area contributed by atoms with E-state index < -0.39 is 40.5 Å². The maximum atomic E-state index is 11.8. The fraction of sp³-hybridized carbons (Fsp3) is 0.325. The number of nitrogens with one attached hydrogen (secondary N) is 2. The molecule has 292 valence electrons. The maximum Gasteiger partial charge on any atom is 0.408 e. The lowest BCUT2D eigenvalue weighted by Crippen LogP contribution is -2.43. The third kappa shape index (κ3) is 12.0. The van der Waals surface area contributed by atoms with Crippen molar-refractivity contribution in [2.24, 2.45) is 0 Å². The lowest BCUT2D eigenvalue weighted by Gasteiger charge is -2.18. The molecule has 0 spiro atoms. The van der Waals surface area contributed by atoms with E-state index in [4.69, 9.17) is 56.4 Å². The Morgan fingerprint density at radius 1 is 0.630 bits per heavy atom. The number of carbonyl (C=O) groups excluding carboxylic acids is 1. The molecule has 2 aliphatic rings. The Kier molecular flexibility index (Phi) is 19.0. The molecule has 0 radical (unpaired) electrons. The van der Waals surface area contributed by atoms with E-state index in [1.807, 2.05) is 24.3 Å². The number of fused-ring (bicyclic) bond motifs is 6. The van der Waals surface area contributed by atoms with Crippen LogP contribution in [0.25, 0.3) is 22.3 Å². The third-order valence-corrected chi connectivity index (χ3v) is 11.3. The fourth-order valence-electron chi connectivity index (χ4n) is 6.14. The van der Waals surface area contributed by atoms with Crippen LogP contribution in [0.2, 0.25) is 0 Å². The smallest absolute Gasteiger partial charge is 0.408 e. The van der Waals surface area contributed by atoms with Crippen molar-refractivity contribution in [1.29, 1.82) is 0 Å². The summed E-state index contributed by atoms with van der Waals surface area (Å²) in [5.41, 5.74) is 10.1. The number of alkyl carbamates (subject to hydrolysis) is 1. The van der Waals surface area contributed by atoms with Gasteiger partial charge in [0.2, 0.25) is 3.79 Å². The molecule has 1 amide bonds. The average Bonchev–Trinajstić information content (AvgIpc) is 3.61. The van der Waals surface area contributed by atoms with Gasteiger partial charge in [0, 0.05) is 34.8 Å². The molecule has 0 bridgehead atoms. The normalized spacial score (nSPS) is 13.4. The van der Waals surface area contributed by atoms with E-state index in [1.54, 1.807) is 11.8 Å². The number of thioether (sulfide) groups is 2. The summed E-state index contributed by atoms with van der Waals surface area (Å²) in [7, 11) is 0. The van der Waals surface area contributed by atoms with Crippen LogP contribution in [-0.2, 0) is 14.3 Å². The molecule has 0 fully saturated rings. The zero-order valence-electron chi connectivity index (χ0n) is 26.9. The van der Waals surface area contributed by atoms with E-state index in [1.165, 1.54) is 56.3 Å². The van der Waals surface area contributed by atoms with Crippen LogP contribution in [0, 0.1) is 0 Å². The number of halogens is 4. The lowest BCUT2D eigenvalue weighted by molar-refractivity contribution is -0.139. The number of aliphatic carboxylic acids is 2. The van der Waals surface area contributed by atoms with Gasteiger partial charge in [0.05, 0.1) is 0 Å². The molecule has 0 aromatic heterocycles. The predicted molar refractivity (Wildman–Crippen MR) is 229 cm³/mol. The molecule has 54 heavy (non-hydrogen) atoms. The molecule has 2 aliphatic carbocycles. The SMILES string of the molecule is C.C.C.O=C(N[C@H](CSCC1c2ccccc2-c2ccccc21)C(=O)O)OCC(Cl)(Cl)Cl.O=C(O)[C@@H](CSCC1c2ccccc2-c2ccccc21)NCl. The number of hydrogen-bond acceptors (Lipinski definition) is 7. The summed E-state index contributed by atoms with van der Waals surface area (Å²) >= 11 is 25.1. The van der Waals surface area contributed by atoms with Crippen LogP contribution in [-0.4, -0.2) is 73.7 Å². The second-order valence-corrected chi connectivity index (χ2v) is 16.6. The van der Waals surface area contributed by atoms with Crippen LogP contribution in [0.15, 0.2) is 97.1 Å². The molecular weight excluding hydrogens is 810 g/mol. The fourth-order valence-corrected chi connectivity index (χ4v) is 8.95. The highest BCUT2D eigenvalue weighted by atomic mass is 35.6. The molecule has 2 atom stereocenters. The summed E-state index contributed by atoms with van der Waals surface area (Å²) in [6.45, 7) is -0.474. The second kappa shape index (κ2) is 21.9. The Hall–Kier alpha value is -3.09. The van der Waals surface area contributed by atoms with E-state index in [2.05, 4.69) is 82.9 Å². The van der Waals surface area contributed by atoms with Crippen molar-refractivity contribution in [3.05, 3.63) is 119 Å². The second-order valence-electron chi connectivity index (χ2n) is 11.8. The minimum atomic E-state index is -1.76. The van der Waals surface area contributed by atoms with Crippen molar-refractivity contribution in [2.45, 2.75) is 50.0 Å². The Morgan fingerprint density at radius 3 is 1.28 bits per heavy atom. The van der Waals surface area contributed by atoms with Crippen molar-refractivity contribution in [3.8, 4) is 22.3 Å². The highest BCUT2D eigenvalue weighted by Crippen LogP contribution is 2.47. The van der Waals surface area contributed by atoms with Gasteiger partial charge in [-0.1, -0.05) is 154 Å².